The van der Waals surface area contributed by atoms with E-state index in [-0.39, 0.29) is 10.8 Å². The Hall–Kier alpha value is -3.32. The first-order chi connectivity index (χ1) is 15.0. The molecule has 0 bridgehead atoms. The van der Waals surface area contributed by atoms with Crippen LogP contribution in [-0.4, -0.2) is 20.4 Å². The molecule has 2 N–H and O–H groups in total. The van der Waals surface area contributed by atoms with Crippen molar-refractivity contribution in [2.24, 2.45) is 0 Å². The van der Waals surface area contributed by atoms with Crippen molar-refractivity contribution in [1.29, 1.82) is 0 Å². The molecule has 0 heterocycles. The molecular weight excluding hydrogens is 424 g/mol. The largest absolute Gasteiger partial charge is 0.481 e. The lowest BCUT2D eigenvalue weighted by Gasteiger charge is -2.16. The van der Waals surface area contributed by atoms with Gasteiger partial charge >= 0.3 is 0 Å². The molecule has 0 unspecified atom stereocenters. The smallest absolute Gasteiger partial charge is 0.265 e. The SMILES string of the molecule is Cc1cc(C)cc(O[C@H](C)C(=O)Nc2ccc(S(=O)(=O)Nc3c(C)cccc3C)cc2)c1. The van der Waals surface area contributed by atoms with Gasteiger partial charge in [-0.1, -0.05) is 24.3 Å². The van der Waals surface area contributed by atoms with Gasteiger partial charge in [-0.15, -0.1) is 0 Å². The van der Waals surface area contributed by atoms with Crippen LogP contribution in [0.2, 0.25) is 0 Å². The van der Waals surface area contributed by atoms with Crippen LogP contribution in [0.4, 0.5) is 11.4 Å². The van der Waals surface area contributed by atoms with Crippen LogP contribution in [0.1, 0.15) is 29.2 Å². The highest BCUT2D eigenvalue weighted by atomic mass is 32.2. The zero-order valence-corrected chi connectivity index (χ0v) is 19.7. The summed E-state index contributed by atoms with van der Waals surface area (Å²) in [4.78, 5) is 12.6. The van der Waals surface area contributed by atoms with Crippen LogP contribution in [0.25, 0.3) is 0 Å². The van der Waals surface area contributed by atoms with Gasteiger partial charge in [0.25, 0.3) is 15.9 Å². The summed E-state index contributed by atoms with van der Waals surface area (Å²) in [5.41, 5.74) is 4.85. The number of amides is 1. The van der Waals surface area contributed by atoms with Gasteiger partial charge in [0.1, 0.15) is 5.75 Å². The second-order valence-corrected chi connectivity index (χ2v) is 9.65. The number of benzene rings is 3. The Morgan fingerprint density at radius 2 is 1.44 bits per heavy atom. The van der Waals surface area contributed by atoms with E-state index < -0.39 is 16.1 Å². The number of para-hydroxylation sites is 1. The van der Waals surface area contributed by atoms with Crippen molar-refractivity contribution in [3.63, 3.8) is 0 Å². The fourth-order valence-corrected chi connectivity index (χ4v) is 4.59. The van der Waals surface area contributed by atoms with Gasteiger partial charge in [-0.2, -0.15) is 0 Å². The minimum Gasteiger partial charge on any atom is -0.481 e. The topological polar surface area (TPSA) is 84.5 Å². The van der Waals surface area contributed by atoms with Gasteiger partial charge in [0.15, 0.2) is 6.10 Å². The Kier molecular flexibility index (Phi) is 6.89. The fraction of sp³-hybridized carbons (Fsp3) is 0.240. The van der Waals surface area contributed by atoms with E-state index in [1.165, 1.54) is 12.1 Å². The molecule has 0 radical (unpaired) electrons. The summed E-state index contributed by atoms with van der Waals surface area (Å²) in [5, 5.41) is 2.76. The number of carbonyl (C=O) groups is 1. The van der Waals surface area contributed by atoms with Crippen LogP contribution < -0.4 is 14.8 Å². The molecule has 168 valence electrons. The van der Waals surface area contributed by atoms with Gasteiger partial charge in [-0.05, 0) is 93.3 Å². The molecule has 0 saturated carbocycles. The zero-order chi connectivity index (χ0) is 23.5. The molecule has 3 aromatic rings. The third-order valence-electron chi connectivity index (χ3n) is 5.03. The second kappa shape index (κ2) is 9.44. The number of ether oxygens (including phenoxy) is 1. The van der Waals surface area contributed by atoms with Crippen LogP contribution in [0, 0.1) is 27.7 Å². The molecule has 0 aliphatic rings. The summed E-state index contributed by atoms with van der Waals surface area (Å²) in [6, 6.07) is 17.4. The number of anilines is 2. The van der Waals surface area contributed by atoms with E-state index in [4.69, 9.17) is 4.74 Å². The number of carbonyl (C=O) groups excluding carboxylic acids is 1. The lowest BCUT2D eigenvalue weighted by atomic mass is 10.1. The van der Waals surface area contributed by atoms with E-state index in [9.17, 15) is 13.2 Å². The van der Waals surface area contributed by atoms with Crippen molar-refractivity contribution in [3.8, 4) is 5.75 Å². The number of hydrogen-bond donors (Lipinski definition) is 2. The monoisotopic (exact) mass is 452 g/mol. The molecule has 3 aromatic carbocycles. The van der Waals surface area contributed by atoms with E-state index in [1.54, 1.807) is 19.1 Å². The van der Waals surface area contributed by atoms with Crippen molar-refractivity contribution < 1.29 is 17.9 Å². The highest BCUT2D eigenvalue weighted by Crippen LogP contribution is 2.24. The first-order valence-corrected chi connectivity index (χ1v) is 11.8. The standard InChI is InChI=1S/C25H28N2O4S/c1-16-13-17(2)15-22(14-16)31-20(5)25(28)26-21-9-11-23(12-10-21)32(29,30)27-24-18(3)7-6-8-19(24)4/h6-15,20,27H,1-5H3,(H,26,28)/t20-/m1/s1. The Labute approximate surface area is 189 Å². The van der Waals surface area contributed by atoms with E-state index in [0.717, 1.165) is 22.3 Å². The Morgan fingerprint density at radius 3 is 2.00 bits per heavy atom. The maximum absolute atomic E-state index is 12.8. The first-order valence-electron chi connectivity index (χ1n) is 10.3. The molecule has 0 aliphatic heterocycles. The number of sulfonamides is 1. The summed E-state index contributed by atoms with van der Waals surface area (Å²) < 4.78 is 34.0. The molecule has 7 heteroatoms. The third-order valence-corrected chi connectivity index (χ3v) is 6.39. The van der Waals surface area contributed by atoms with Gasteiger partial charge < -0.3 is 10.1 Å². The van der Waals surface area contributed by atoms with Crippen LogP contribution >= 0.6 is 0 Å². The fourth-order valence-electron chi connectivity index (χ4n) is 3.39. The van der Waals surface area contributed by atoms with Gasteiger partial charge in [0.2, 0.25) is 0 Å². The molecule has 0 aromatic heterocycles. The lowest BCUT2D eigenvalue weighted by molar-refractivity contribution is -0.122. The second-order valence-electron chi connectivity index (χ2n) is 7.97. The number of hydrogen-bond acceptors (Lipinski definition) is 4. The molecule has 1 atom stereocenters. The van der Waals surface area contributed by atoms with Gasteiger partial charge in [-0.25, -0.2) is 8.42 Å². The highest BCUT2D eigenvalue weighted by Gasteiger charge is 2.18. The average molecular weight is 453 g/mol. The Balaban J connectivity index is 1.67. The van der Waals surface area contributed by atoms with E-state index in [2.05, 4.69) is 10.0 Å². The van der Waals surface area contributed by atoms with E-state index in [0.29, 0.717) is 17.1 Å². The minimum absolute atomic E-state index is 0.109. The number of aryl methyl sites for hydroxylation is 4. The molecule has 3 rings (SSSR count). The first kappa shape index (κ1) is 23.3. The summed E-state index contributed by atoms with van der Waals surface area (Å²) in [6.45, 7) is 9.31. The minimum atomic E-state index is -3.76. The molecular formula is C25H28N2O4S. The molecule has 0 spiro atoms. The molecule has 1 amide bonds. The molecule has 32 heavy (non-hydrogen) atoms. The number of rotatable bonds is 7. The summed E-state index contributed by atoms with van der Waals surface area (Å²) in [7, 11) is -3.76. The normalized spacial score (nSPS) is 12.2. The van der Waals surface area contributed by atoms with Crippen LogP contribution in [-0.2, 0) is 14.8 Å². The Bertz CT molecular complexity index is 1190. The van der Waals surface area contributed by atoms with Gasteiger partial charge in [0.05, 0.1) is 10.6 Å². The van der Waals surface area contributed by atoms with Crippen molar-refractivity contribution in [1.82, 2.24) is 0 Å². The quantitative estimate of drug-likeness (QED) is 0.521. The van der Waals surface area contributed by atoms with Crippen molar-refractivity contribution in [3.05, 3.63) is 82.9 Å². The summed E-state index contributed by atoms with van der Waals surface area (Å²) in [5.74, 6) is 0.303. The van der Waals surface area contributed by atoms with Gasteiger partial charge in [0, 0.05) is 5.69 Å². The van der Waals surface area contributed by atoms with Crippen molar-refractivity contribution in [2.75, 3.05) is 10.0 Å². The molecule has 0 saturated heterocycles. The van der Waals surface area contributed by atoms with Crippen molar-refractivity contribution in [2.45, 2.75) is 45.6 Å². The maximum Gasteiger partial charge on any atom is 0.265 e. The lowest BCUT2D eigenvalue weighted by Crippen LogP contribution is -2.30. The predicted octanol–water partition coefficient (Wildman–Crippen LogP) is 5.13. The molecule has 6 nitrogen and oxygen atoms in total. The Morgan fingerprint density at radius 1 is 0.875 bits per heavy atom. The zero-order valence-electron chi connectivity index (χ0n) is 18.9. The van der Waals surface area contributed by atoms with E-state index >= 15 is 0 Å². The predicted molar refractivity (Wildman–Crippen MR) is 128 cm³/mol. The molecule has 0 fully saturated rings. The van der Waals surface area contributed by atoms with E-state index in [1.807, 2.05) is 64.1 Å². The summed E-state index contributed by atoms with van der Waals surface area (Å²) in [6.07, 6.45) is -0.717. The van der Waals surface area contributed by atoms with Gasteiger partial charge in [-0.3, -0.25) is 9.52 Å². The third kappa shape index (κ3) is 5.68. The average Bonchev–Trinajstić information content (AvgIpc) is 2.70. The highest BCUT2D eigenvalue weighted by molar-refractivity contribution is 7.92. The number of nitrogens with one attached hydrogen (secondary N) is 2. The van der Waals surface area contributed by atoms with Crippen LogP contribution in [0.5, 0.6) is 5.75 Å². The van der Waals surface area contributed by atoms with Crippen molar-refractivity contribution >= 4 is 27.3 Å². The summed E-state index contributed by atoms with van der Waals surface area (Å²) >= 11 is 0. The maximum atomic E-state index is 12.8. The molecule has 0 aliphatic carbocycles. The van der Waals surface area contributed by atoms with Crippen LogP contribution in [0.15, 0.2) is 65.6 Å². The van der Waals surface area contributed by atoms with Crippen LogP contribution in [0.3, 0.4) is 0 Å².